The maximum Gasteiger partial charge on any atom is 0.236 e. The summed E-state index contributed by atoms with van der Waals surface area (Å²) in [4.78, 5) is 8.33. The van der Waals surface area contributed by atoms with E-state index in [0.717, 1.165) is 12.8 Å². The van der Waals surface area contributed by atoms with Gasteiger partial charge < -0.3 is 5.11 Å². The van der Waals surface area contributed by atoms with Crippen LogP contribution in [0.1, 0.15) is 42.0 Å². The summed E-state index contributed by atoms with van der Waals surface area (Å²) in [5.41, 5.74) is 1.53. The van der Waals surface area contributed by atoms with Crippen molar-refractivity contribution in [2.75, 3.05) is 0 Å². The van der Waals surface area contributed by atoms with Crippen LogP contribution in [0.25, 0.3) is 0 Å². The van der Waals surface area contributed by atoms with Gasteiger partial charge in [-0.25, -0.2) is 14.4 Å². The molecule has 2 rings (SSSR count). The quantitative estimate of drug-likeness (QED) is 0.665. The number of aryl methyl sites for hydroxylation is 3. The lowest BCUT2D eigenvalue weighted by atomic mass is 10.0. The van der Waals surface area contributed by atoms with Crippen LogP contribution in [0.5, 0.6) is 0 Å². The molecule has 0 saturated heterocycles. The molecule has 0 radical (unpaired) electrons. The Morgan fingerprint density at radius 2 is 2.00 bits per heavy atom. The van der Waals surface area contributed by atoms with Crippen LogP contribution in [0.15, 0.2) is 0 Å². The molecule has 82 valence electrons. The number of halogens is 1. The van der Waals surface area contributed by atoms with Crippen molar-refractivity contribution >= 4 is 0 Å². The predicted molar refractivity (Wildman–Crippen MR) is 54.1 cm³/mol. The molecule has 0 amide bonds. The normalized spacial score (nSPS) is 25.9. The molecule has 1 unspecified atom stereocenters. The van der Waals surface area contributed by atoms with E-state index in [9.17, 15) is 9.50 Å². The SMILES string of the molecule is Cc1nc(C)c2c(n1)CCCCC2(O)F. The Balaban J connectivity index is 2.61. The molecule has 1 atom stereocenters. The van der Waals surface area contributed by atoms with Crippen molar-refractivity contribution in [1.29, 1.82) is 0 Å². The zero-order chi connectivity index (χ0) is 11.1. The van der Waals surface area contributed by atoms with Crippen LogP contribution >= 0.6 is 0 Å². The van der Waals surface area contributed by atoms with Gasteiger partial charge in [-0.1, -0.05) is 0 Å². The molecule has 4 heteroatoms. The molecule has 15 heavy (non-hydrogen) atoms. The van der Waals surface area contributed by atoms with Crippen LogP contribution in [0.3, 0.4) is 0 Å². The zero-order valence-corrected chi connectivity index (χ0v) is 9.05. The summed E-state index contributed by atoms with van der Waals surface area (Å²) in [6.45, 7) is 3.51. The summed E-state index contributed by atoms with van der Waals surface area (Å²) in [7, 11) is 0. The molecular formula is C11H15FN2O. The first-order chi connectivity index (χ1) is 7.00. The summed E-state index contributed by atoms with van der Waals surface area (Å²) in [6, 6.07) is 0. The van der Waals surface area contributed by atoms with Gasteiger partial charge in [0.15, 0.2) is 0 Å². The Bertz CT molecular complexity index is 390. The van der Waals surface area contributed by atoms with Gasteiger partial charge in [0, 0.05) is 6.42 Å². The van der Waals surface area contributed by atoms with Gasteiger partial charge in [0.1, 0.15) is 5.82 Å². The highest BCUT2D eigenvalue weighted by molar-refractivity contribution is 5.30. The van der Waals surface area contributed by atoms with Gasteiger partial charge in [-0.15, -0.1) is 0 Å². The van der Waals surface area contributed by atoms with Gasteiger partial charge in [-0.3, -0.25) is 0 Å². The molecule has 3 nitrogen and oxygen atoms in total. The lowest BCUT2D eigenvalue weighted by Gasteiger charge is -2.20. The second-order valence-electron chi connectivity index (χ2n) is 4.14. The monoisotopic (exact) mass is 210 g/mol. The molecule has 1 aromatic rings. The molecule has 0 aromatic carbocycles. The van der Waals surface area contributed by atoms with Crippen molar-refractivity contribution in [2.45, 2.75) is 45.4 Å². The Morgan fingerprint density at radius 1 is 1.27 bits per heavy atom. The summed E-state index contributed by atoms with van der Waals surface area (Å²) in [6.07, 6.45) is 2.43. The molecule has 0 saturated carbocycles. The highest BCUT2D eigenvalue weighted by atomic mass is 19.2. The zero-order valence-electron chi connectivity index (χ0n) is 9.05. The number of alkyl halides is 1. The fourth-order valence-corrected chi connectivity index (χ4v) is 2.24. The molecule has 1 N–H and O–H groups in total. The highest BCUT2D eigenvalue weighted by Gasteiger charge is 2.35. The summed E-state index contributed by atoms with van der Waals surface area (Å²) in [5.74, 6) is -1.60. The van der Waals surface area contributed by atoms with E-state index in [2.05, 4.69) is 9.97 Å². The van der Waals surface area contributed by atoms with E-state index in [1.807, 2.05) is 0 Å². The molecule has 0 bridgehead atoms. The average molecular weight is 210 g/mol. The first kappa shape index (κ1) is 10.5. The van der Waals surface area contributed by atoms with E-state index in [1.54, 1.807) is 13.8 Å². The number of aromatic nitrogens is 2. The van der Waals surface area contributed by atoms with E-state index in [0.29, 0.717) is 29.2 Å². The maximum absolute atomic E-state index is 14.0. The highest BCUT2D eigenvalue weighted by Crippen LogP contribution is 2.35. The van der Waals surface area contributed by atoms with Crippen LogP contribution in [0.2, 0.25) is 0 Å². The lowest BCUT2D eigenvalue weighted by molar-refractivity contribution is -0.103. The van der Waals surface area contributed by atoms with E-state index < -0.39 is 5.85 Å². The van der Waals surface area contributed by atoms with Crippen molar-refractivity contribution in [3.8, 4) is 0 Å². The van der Waals surface area contributed by atoms with Crippen LogP contribution in [-0.2, 0) is 12.3 Å². The number of aliphatic hydroxyl groups is 1. The Labute approximate surface area is 88.4 Å². The van der Waals surface area contributed by atoms with Gasteiger partial charge in [0.05, 0.1) is 17.0 Å². The molecule has 1 aliphatic rings. The average Bonchev–Trinajstić information content (AvgIpc) is 2.23. The molecule has 0 fully saturated rings. The van der Waals surface area contributed by atoms with E-state index in [-0.39, 0.29) is 6.42 Å². The third-order valence-electron chi connectivity index (χ3n) is 2.83. The minimum absolute atomic E-state index is 0.146. The molecule has 1 heterocycles. The summed E-state index contributed by atoms with van der Waals surface area (Å²) >= 11 is 0. The van der Waals surface area contributed by atoms with Crippen molar-refractivity contribution in [3.05, 3.63) is 22.8 Å². The van der Waals surface area contributed by atoms with Gasteiger partial charge in [0.2, 0.25) is 5.85 Å². The van der Waals surface area contributed by atoms with Crippen molar-refractivity contribution in [1.82, 2.24) is 9.97 Å². The van der Waals surface area contributed by atoms with Crippen molar-refractivity contribution in [3.63, 3.8) is 0 Å². The smallest absolute Gasteiger partial charge is 0.236 e. The number of hydrogen-bond donors (Lipinski definition) is 1. The molecule has 0 spiro atoms. The minimum atomic E-state index is -2.25. The topological polar surface area (TPSA) is 46.0 Å². The standard InChI is InChI=1S/C11H15FN2O/c1-7-10-9(14-8(2)13-7)5-3-4-6-11(10,12)15/h15H,3-6H2,1-2H3. The van der Waals surface area contributed by atoms with Crippen molar-refractivity contribution in [2.24, 2.45) is 0 Å². The Morgan fingerprint density at radius 3 is 2.73 bits per heavy atom. The number of hydrogen-bond acceptors (Lipinski definition) is 3. The molecule has 1 aliphatic carbocycles. The number of fused-ring (bicyclic) bond motifs is 1. The minimum Gasteiger partial charge on any atom is -0.358 e. The van der Waals surface area contributed by atoms with Gasteiger partial charge >= 0.3 is 0 Å². The second kappa shape index (κ2) is 3.52. The van der Waals surface area contributed by atoms with Gasteiger partial charge in [-0.2, -0.15) is 0 Å². The van der Waals surface area contributed by atoms with Crippen LogP contribution in [-0.4, -0.2) is 15.1 Å². The Kier molecular flexibility index (Phi) is 2.46. The first-order valence-corrected chi connectivity index (χ1v) is 5.26. The number of nitrogens with zero attached hydrogens (tertiary/aromatic N) is 2. The Hall–Kier alpha value is -1.03. The maximum atomic E-state index is 14.0. The summed E-state index contributed by atoms with van der Waals surface area (Å²) in [5, 5.41) is 9.73. The first-order valence-electron chi connectivity index (χ1n) is 5.26. The largest absolute Gasteiger partial charge is 0.358 e. The van der Waals surface area contributed by atoms with E-state index in [1.165, 1.54) is 0 Å². The van der Waals surface area contributed by atoms with Gasteiger partial charge in [-0.05, 0) is 33.1 Å². The molecule has 0 aliphatic heterocycles. The summed E-state index contributed by atoms with van der Waals surface area (Å²) < 4.78 is 14.0. The van der Waals surface area contributed by atoms with Crippen LogP contribution < -0.4 is 0 Å². The predicted octanol–water partition coefficient (Wildman–Crippen LogP) is 1.93. The fourth-order valence-electron chi connectivity index (χ4n) is 2.24. The second-order valence-corrected chi connectivity index (χ2v) is 4.14. The van der Waals surface area contributed by atoms with E-state index >= 15 is 0 Å². The fraction of sp³-hybridized carbons (Fsp3) is 0.636. The van der Waals surface area contributed by atoms with Crippen LogP contribution in [0, 0.1) is 13.8 Å². The number of rotatable bonds is 0. The third kappa shape index (κ3) is 1.86. The molecular weight excluding hydrogens is 195 g/mol. The van der Waals surface area contributed by atoms with Gasteiger partial charge in [0.25, 0.3) is 0 Å². The van der Waals surface area contributed by atoms with Crippen molar-refractivity contribution < 1.29 is 9.50 Å². The van der Waals surface area contributed by atoms with Crippen LogP contribution in [0.4, 0.5) is 4.39 Å². The third-order valence-corrected chi connectivity index (χ3v) is 2.83. The molecule has 1 aromatic heterocycles. The van der Waals surface area contributed by atoms with E-state index in [4.69, 9.17) is 0 Å². The lowest BCUT2D eigenvalue weighted by Crippen LogP contribution is -2.22.